The van der Waals surface area contributed by atoms with E-state index < -0.39 is 40.0 Å². The molecule has 0 saturated carbocycles. The maximum atomic E-state index is 13.3. The number of imide groups is 1. The van der Waals surface area contributed by atoms with Crippen LogP contribution in [0.4, 0.5) is 10.5 Å². The molecule has 2 N–H and O–H groups in total. The minimum Gasteiger partial charge on any atom is -0.323 e. The standard InChI is InChI=1S/C22H25ClN4O5S/c1-4-12-22(15-8-6-5-7-9-15)20(29)27(21(30)25-22)14-19(28)24-18-13-16(10-11-17(18)23)33(31,32)26(2)3/h5-11,13H,4,12,14H2,1-3H3,(H,24,28)(H,25,30)/t22-/m0/s1. The first-order chi connectivity index (χ1) is 15.5. The maximum Gasteiger partial charge on any atom is 0.325 e. The molecule has 0 unspecified atom stereocenters. The monoisotopic (exact) mass is 492 g/mol. The fourth-order valence-electron chi connectivity index (χ4n) is 3.68. The second kappa shape index (κ2) is 9.50. The zero-order valence-corrected chi connectivity index (χ0v) is 20.0. The molecule has 1 aliphatic heterocycles. The molecule has 33 heavy (non-hydrogen) atoms. The lowest BCUT2D eigenvalue weighted by Crippen LogP contribution is -2.44. The van der Waals surface area contributed by atoms with Gasteiger partial charge in [-0.3, -0.25) is 14.5 Å². The molecule has 1 saturated heterocycles. The van der Waals surface area contributed by atoms with Gasteiger partial charge in [-0.05, 0) is 30.2 Å². The summed E-state index contributed by atoms with van der Waals surface area (Å²) in [6.07, 6.45) is 1.000. The first-order valence-corrected chi connectivity index (χ1v) is 12.1. The molecule has 2 aromatic rings. The highest BCUT2D eigenvalue weighted by molar-refractivity contribution is 7.89. The van der Waals surface area contributed by atoms with E-state index in [0.717, 1.165) is 9.21 Å². The molecule has 0 bridgehead atoms. The summed E-state index contributed by atoms with van der Waals surface area (Å²) in [7, 11) is -0.981. The number of halogens is 1. The number of carbonyl (C=O) groups is 3. The van der Waals surface area contributed by atoms with Crippen molar-refractivity contribution in [1.29, 1.82) is 0 Å². The number of rotatable bonds is 8. The Labute approximate surface area is 197 Å². The van der Waals surface area contributed by atoms with Gasteiger partial charge in [-0.1, -0.05) is 55.3 Å². The molecular weight excluding hydrogens is 468 g/mol. The van der Waals surface area contributed by atoms with Gasteiger partial charge in [0, 0.05) is 14.1 Å². The number of hydrogen-bond acceptors (Lipinski definition) is 5. The summed E-state index contributed by atoms with van der Waals surface area (Å²) < 4.78 is 25.8. The Kier molecular flexibility index (Phi) is 7.11. The second-order valence-electron chi connectivity index (χ2n) is 7.82. The molecule has 1 aliphatic rings. The third-order valence-electron chi connectivity index (χ3n) is 5.36. The quantitative estimate of drug-likeness (QED) is 0.550. The molecule has 176 valence electrons. The van der Waals surface area contributed by atoms with Gasteiger partial charge in [0.05, 0.1) is 15.6 Å². The molecule has 1 fully saturated rings. The number of hydrogen-bond donors (Lipinski definition) is 2. The summed E-state index contributed by atoms with van der Waals surface area (Å²) in [6, 6.07) is 12.1. The predicted octanol–water partition coefficient (Wildman–Crippen LogP) is 2.78. The van der Waals surface area contributed by atoms with Crippen LogP contribution in [0.3, 0.4) is 0 Å². The van der Waals surface area contributed by atoms with Crippen LogP contribution in [0.15, 0.2) is 53.4 Å². The fraction of sp³-hybridized carbons (Fsp3) is 0.318. The highest BCUT2D eigenvalue weighted by Crippen LogP contribution is 2.34. The van der Waals surface area contributed by atoms with Gasteiger partial charge in [0.25, 0.3) is 5.91 Å². The highest BCUT2D eigenvalue weighted by Gasteiger charge is 2.52. The smallest absolute Gasteiger partial charge is 0.323 e. The van der Waals surface area contributed by atoms with E-state index >= 15 is 0 Å². The Morgan fingerprint density at radius 1 is 1.15 bits per heavy atom. The van der Waals surface area contributed by atoms with Crippen LogP contribution in [0, 0.1) is 0 Å². The van der Waals surface area contributed by atoms with Gasteiger partial charge in [0.1, 0.15) is 12.1 Å². The van der Waals surface area contributed by atoms with Crippen molar-refractivity contribution < 1.29 is 22.8 Å². The minimum atomic E-state index is -3.75. The van der Waals surface area contributed by atoms with Gasteiger partial charge in [-0.15, -0.1) is 0 Å². The van der Waals surface area contributed by atoms with Crippen molar-refractivity contribution >= 4 is 45.2 Å². The number of anilines is 1. The van der Waals surface area contributed by atoms with Crippen molar-refractivity contribution in [2.24, 2.45) is 0 Å². The van der Waals surface area contributed by atoms with Gasteiger partial charge in [0.15, 0.2) is 0 Å². The largest absolute Gasteiger partial charge is 0.325 e. The van der Waals surface area contributed by atoms with Crippen LogP contribution < -0.4 is 10.6 Å². The molecule has 4 amide bonds. The van der Waals surface area contributed by atoms with Crippen LogP contribution in [0.25, 0.3) is 0 Å². The van der Waals surface area contributed by atoms with E-state index in [9.17, 15) is 22.8 Å². The van der Waals surface area contributed by atoms with E-state index in [1.54, 1.807) is 24.3 Å². The molecule has 2 aromatic carbocycles. The van der Waals surface area contributed by atoms with Crippen molar-refractivity contribution in [2.75, 3.05) is 26.0 Å². The van der Waals surface area contributed by atoms with E-state index in [0.29, 0.717) is 18.4 Å². The van der Waals surface area contributed by atoms with Crippen molar-refractivity contribution in [3.05, 3.63) is 59.1 Å². The van der Waals surface area contributed by atoms with E-state index in [1.807, 2.05) is 13.0 Å². The van der Waals surface area contributed by atoms with Crippen LogP contribution in [0.5, 0.6) is 0 Å². The van der Waals surface area contributed by atoms with E-state index in [-0.39, 0.29) is 15.6 Å². The Morgan fingerprint density at radius 2 is 1.82 bits per heavy atom. The molecule has 11 heteroatoms. The normalized spacial score (nSPS) is 18.5. The summed E-state index contributed by atoms with van der Waals surface area (Å²) >= 11 is 6.13. The van der Waals surface area contributed by atoms with Gasteiger partial charge in [0.2, 0.25) is 15.9 Å². The zero-order valence-electron chi connectivity index (χ0n) is 18.5. The Bertz CT molecular complexity index is 1190. The Balaban J connectivity index is 1.83. The lowest BCUT2D eigenvalue weighted by atomic mass is 9.85. The van der Waals surface area contributed by atoms with Crippen molar-refractivity contribution in [1.82, 2.24) is 14.5 Å². The molecule has 0 spiro atoms. The van der Waals surface area contributed by atoms with Crippen molar-refractivity contribution in [3.8, 4) is 0 Å². The van der Waals surface area contributed by atoms with Crippen molar-refractivity contribution in [2.45, 2.75) is 30.2 Å². The predicted molar refractivity (Wildman–Crippen MR) is 124 cm³/mol. The molecule has 1 heterocycles. The van der Waals surface area contributed by atoms with E-state index in [4.69, 9.17) is 11.6 Å². The number of benzene rings is 2. The van der Waals surface area contributed by atoms with Crippen LogP contribution in [-0.4, -0.2) is 56.1 Å². The number of nitrogens with one attached hydrogen (secondary N) is 2. The summed E-state index contributed by atoms with van der Waals surface area (Å²) in [6.45, 7) is 1.35. The lowest BCUT2D eigenvalue weighted by Gasteiger charge is -2.26. The Hall–Kier alpha value is -2.95. The summed E-state index contributed by atoms with van der Waals surface area (Å²) in [4.78, 5) is 39.5. The number of nitrogens with zero attached hydrogens (tertiary/aromatic N) is 2. The van der Waals surface area contributed by atoms with Gasteiger partial charge in [-0.25, -0.2) is 17.5 Å². The third kappa shape index (κ3) is 4.73. The first kappa shape index (κ1) is 24.7. The summed E-state index contributed by atoms with van der Waals surface area (Å²) in [5, 5.41) is 5.37. The molecule has 0 radical (unpaired) electrons. The van der Waals surface area contributed by atoms with Gasteiger partial charge >= 0.3 is 6.03 Å². The molecule has 0 aromatic heterocycles. The highest BCUT2D eigenvalue weighted by atomic mass is 35.5. The molecule has 9 nitrogen and oxygen atoms in total. The lowest BCUT2D eigenvalue weighted by molar-refractivity contribution is -0.134. The van der Waals surface area contributed by atoms with Gasteiger partial charge in [-0.2, -0.15) is 0 Å². The van der Waals surface area contributed by atoms with Crippen LogP contribution in [-0.2, 0) is 25.2 Å². The molecule has 1 atom stereocenters. The number of urea groups is 1. The Morgan fingerprint density at radius 3 is 2.42 bits per heavy atom. The number of sulfonamides is 1. The average Bonchev–Trinajstić information content (AvgIpc) is 3.01. The molecular formula is C22H25ClN4O5S. The number of carbonyl (C=O) groups excluding carboxylic acids is 3. The summed E-state index contributed by atoms with van der Waals surface area (Å²) in [5.74, 6) is -1.22. The maximum absolute atomic E-state index is 13.3. The van der Waals surface area contributed by atoms with E-state index in [1.165, 1.54) is 32.3 Å². The zero-order chi connectivity index (χ0) is 24.4. The molecule has 3 rings (SSSR count). The van der Waals surface area contributed by atoms with Crippen LogP contribution in [0.1, 0.15) is 25.3 Å². The summed E-state index contributed by atoms with van der Waals surface area (Å²) in [5.41, 5.74) is -0.553. The van der Waals surface area contributed by atoms with Crippen molar-refractivity contribution in [3.63, 3.8) is 0 Å². The first-order valence-electron chi connectivity index (χ1n) is 10.2. The van der Waals surface area contributed by atoms with Crippen LogP contribution >= 0.6 is 11.6 Å². The second-order valence-corrected chi connectivity index (χ2v) is 10.4. The van der Waals surface area contributed by atoms with Crippen LogP contribution in [0.2, 0.25) is 5.02 Å². The molecule has 0 aliphatic carbocycles. The third-order valence-corrected chi connectivity index (χ3v) is 7.50. The average molecular weight is 493 g/mol. The fourth-order valence-corrected chi connectivity index (χ4v) is 4.77. The minimum absolute atomic E-state index is 0.0551. The SMILES string of the molecule is CCC[C@@]1(c2ccccc2)NC(=O)N(CC(=O)Nc2cc(S(=O)(=O)N(C)C)ccc2Cl)C1=O. The number of amides is 4. The van der Waals surface area contributed by atoms with E-state index in [2.05, 4.69) is 10.6 Å². The topological polar surface area (TPSA) is 116 Å². The van der Waals surface area contributed by atoms with Gasteiger partial charge < -0.3 is 10.6 Å².